The molecule has 1 aromatic rings. The predicted octanol–water partition coefficient (Wildman–Crippen LogP) is 1.91. The third-order valence-corrected chi connectivity index (χ3v) is 9.32. The number of rotatable bonds is 11. The Kier molecular flexibility index (Phi) is 8.21. The van der Waals surface area contributed by atoms with Crippen LogP contribution >= 0.6 is 0 Å². The molecule has 0 aromatic heterocycles. The fourth-order valence-corrected chi connectivity index (χ4v) is 7.39. The van der Waals surface area contributed by atoms with Gasteiger partial charge in [0.1, 0.15) is 11.8 Å². The maximum absolute atomic E-state index is 13.0. The summed E-state index contributed by atoms with van der Waals surface area (Å²) in [6, 6.07) is 2.68. The molecule has 43 heavy (non-hydrogen) atoms. The molecule has 2 bridgehead atoms. The van der Waals surface area contributed by atoms with Gasteiger partial charge in [-0.25, -0.2) is 9.59 Å². The average molecular weight is 602 g/mol. The lowest BCUT2D eigenvalue weighted by Crippen LogP contribution is -2.67. The van der Waals surface area contributed by atoms with Gasteiger partial charge in [-0.05, 0) is 68.6 Å². The van der Waals surface area contributed by atoms with Gasteiger partial charge >= 0.3 is 17.9 Å². The van der Waals surface area contributed by atoms with E-state index in [4.69, 9.17) is 18.9 Å². The van der Waals surface area contributed by atoms with Crippen LogP contribution in [0.15, 0.2) is 24.0 Å². The summed E-state index contributed by atoms with van der Waals surface area (Å²) >= 11 is 0. The molecule has 1 aromatic carbocycles. The molecule has 7 atom stereocenters. The number of methoxy groups -OCH3 is 1. The number of hydrogen-bond acceptors (Lipinski definition) is 10. The number of aliphatic hydroxyl groups excluding tert-OH is 1. The van der Waals surface area contributed by atoms with Gasteiger partial charge in [0, 0.05) is 5.56 Å². The highest BCUT2D eigenvalue weighted by Crippen LogP contribution is 2.67. The first kappa shape index (κ1) is 30.8. The van der Waals surface area contributed by atoms with Crippen LogP contribution in [-0.2, 0) is 40.5 Å². The highest BCUT2D eigenvalue weighted by molar-refractivity contribution is 5.88. The molecule has 234 valence electrons. The molecule has 1 fully saturated rings. The Morgan fingerprint density at radius 3 is 2.60 bits per heavy atom. The van der Waals surface area contributed by atoms with E-state index >= 15 is 0 Å². The molecular formula is C31H39NO11. The summed E-state index contributed by atoms with van der Waals surface area (Å²) < 4.78 is 22.6. The van der Waals surface area contributed by atoms with Crippen molar-refractivity contribution in [1.82, 2.24) is 5.32 Å². The average Bonchev–Trinajstić information content (AvgIpc) is 3.28. The summed E-state index contributed by atoms with van der Waals surface area (Å²) in [6.45, 7) is 4.88. The third kappa shape index (κ3) is 5.14. The number of amides is 1. The van der Waals surface area contributed by atoms with Crippen LogP contribution in [0.4, 0.5) is 0 Å². The van der Waals surface area contributed by atoms with Gasteiger partial charge in [0.15, 0.2) is 29.8 Å². The van der Waals surface area contributed by atoms with E-state index < -0.39 is 65.6 Å². The number of carboxylic acid groups (broad SMARTS) is 1. The molecule has 1 amide bonds. The van der Waals surface area contributed by atoms with E-state index in [2.05, 4.69) is 5.32 Å². The number of carbonyl (C=O) groups is 4. The number of ether oxygens (including phenoxy) is 4. The summed E-state index contributed by atoms with van der Waals surface area (Å²) in [4.78, 5) is 49.3. The molecule has 1 heterocycles. The Bertz CT molecular complexity index is 1360. The number of carboxylic acids is 1. The molecule has 12 nitrogen and oxygen atoms in total. The zero-order chi connectivity index (χ0) is 31.3. The molecule has 3 aliphatic carbocycles. The fourth-order valence-electron chi connectivity index (χ4n) is 7.39. The minimum atomic E-state index is -1.91. The van der Waals surface area contributed by atoms with Crippen LogP contribution in [0, 0.1) is 11.8 Å². The molecule has 1 saturated carbocycles. The number of benzene rings is 1. The van der Waals surface area contributed by atoms with Gasteiger partial charge < -0.3 is 39.6 Å². The zero-order valence-electron chi connectivity index (χ0n) is 24.8. The number of hydrogen-bond donors (Lipinski definition) is 4. The molecule has 1 spiro atoms. The van der Waals surface area contributed by atoms with Gasteiger partial charge in [-0.2, -0.15) is 0 Å². The molecule has 12 heteroatoms. The van der Waals surface area contributed by atoms with Gasteiger partial charge in [-0.3, -0.25) is 9.59 Å². The van der Waals surface area contributed by atoms with Crippen molar-refractivity contribution in [2.75, 3.05) is 7.11 Å². The maximum Gasteiger partial charge on any atom is 0.340 e. The number of nitrogens with one attached hydrogen (secondary N) is 1. The topological polar surface area (TPSA) is 178 Å². The molecule has 0 saturated heterocycles. The highest BCUT2D eigenvalue weighted by atomic mass is 16.6. The lowest BCUT2D eigenvalue weighted by atomic mass is 9.47. The van der Waals surface area contributed by atoms with Crippen LogP contribution in [0.1, 0.15) is 70.4 Å². The van der Waals surface area contributed by atoms with Gasteiger partial charge in [0.2, 0.25) is 0 Å². The van der Waals surface area contributed by atoms with Crippen molar-refractivity contribution in [2.24, 2.45) is 11.8 Å². The fraction of sp³-hybridized carbons (Fsp3) is 0.613. The Balaban J connectivity index is 1.26. The standard InChI is InChI=1S/C31H39NO11/c1-15(2)12-19(28(36)37)32-27(35)16(3)41-23(34)14-20(33)29(38)42-22-9-11-31(39)18-6-5-10-30(31)24-17(13-18)7-8-21(40-4)25(24)43-26(22)30/h7-9,15-16,18-20,26,33,39H,5-6,10-14H2,1-4H3,(H,32,35)(H,36,37)/t16-,18-,19-,20-,26+,30+,31-/m0/s1. The monoisotopic (exact) mass is 601 g/mol. The molecule has 0 unspecified atom stereocenters. The smallest absolute Gasteiger partial charge is 0.340 e. The lowest BCUT2D eigenvalue weighted by Gasteiger charge is -2.59. The van der Waals surface area contributed by atoms with E-state index in [9.17, 15) is 34.5 Å². The van der Waals surface area contributed by atoms with Gasteiger partial charge in [-0.1, -0.05) is 26.3 Å². The Morgan fingerprint density at radius 1 is 1.19 bits per heavy atom. The molecule has 4 aliphatic rings. The number of aliphatic hydroxyl groups is 2. The van der Waals surface area contributed by atoms with Crippen LogP contribution in [0.2, 0.25) is 0 Å². The molecular weight excluding hydrogens is 562 g/mol. The Morgan fingerprint density at radius 2 is 1.93 bits per heavy atom. The highest BCUT2D eigenvalue weighted by Gasteiger charge is 2.71. The van der Waals surface area contributed by atoms with E-state index in [1.807, 2.05) is 26.0 Å². The van der Waals surface area contributed by atoms with Gasteiger partial charge in [0.05, 0.1) is 24.5 Å². The Labute approximate surface area is 249 Å². The second-order valence-corrected chi connectivity index (χ2v) is 12.4. The van der Waals surface area contributed by atoms with Crippen molar-refractivity contribution in [3.63, 3.8) is 0 Å². The molecule has 5 rings (SSSR count). The van der Waals surface area contributed by atoms with E-state index in [0.29, 0.717) is 24.3 Å². The van der Waals surface area contributed by atoms with E-state index in [0.717, 1.165) is 24.0 Å². The maximum atomic E-state index is 13.0. The van der Waals surface area contributed by atoms with Crippen LogP contribution < -0.4 is 14.8 Å². The van der Waals surface area contributed by atoms with E-state index in [1.165, 1.54) is 14.0 Å². The minimum absolute atomic E-state index is 0.00127. The summed E-state index contributed by atoms with van der Waals surface area (Å²) in [5.41, 5.74) is -0.00927. The summed E-state index contributed by atoms with van der Waals surface area (Å²) in [5, 5.41) is 34.3. The predicted molar refractivity (Wildman–Crippen MR) is 149 cm³/mol. The first-order valence-electron chi connectivity index (χ1n) is 14.7. The molecule has 1 aliphatic heterocycles. The summed E-state index contributed by atoms with van der Waals surface area (Å²) in [6.07, 6.45) is 0.179. The first-order valence-corrected chi connectivity index (χ1v) is 14.7. The lowest BCUT2D eigenvalue weighted by molar-refractivity contribution is -0.168. The van der Waals surface area contributed by atoms with Crippen molar-refractivity contribution in [1.29, 1.82) is 0 Å². The molecule has 0 radical (unpaired) electrons. The van der Waals surface area contributed by atoms with Gasteiger partial charge in [-0.15, -0.1) is 0 Å². The van der Waals surface area contributed by atoms with Crippen molar-refractivity contribution >= 4 is 23.8 Å². The second-order valence-electron chi connectivity index (χ2n) is 12.4. The minimum Gasteiger partial charge on any atom is -0.493 e. The number of aliphatic carboxylic acids is 1. The quantitative estimate of drug-likeness (QED) is 0.272. The van der Waals surface area contributed by atoms with Crippen molar-refractivity contribution in [3.05, 3.63) is 35.1 Å². The molecule has 4 N–H and O–H groups in total. The van der Waals surface area contributed by atoms with E-state index in [-0.39, 0.29) is 30.4 Å². The van der Waals surface area contributed by atoms with Crippen molar-refractivity contribution < 1.29 is 53.4 Å². The van der Waals surface area contributed by atoms with E-state index in [1.54, 1.807) is 6.08 Å². The summed E-state index contributed by atoms with van der Waals surface area (Å²) in [5.74, 6) is -3.01. The van der Waals surface area contributed by atoms with Crippen LogP contribution in [-0.4, -0.2) is 76.2 Å². The van der Waals surface area contributed by atoms with Crippen molar-refractivity contribution in [2.45, 2.75) is 101 Å². The van der Waals surface area contributed by atoms with Crippen LogP contribution in [0.25, 0.3) is 0 Å². The third-order valence-electron chi connectivity index (χ3n) is 9.32. The Hall–Kier alpha value is -3.64. The van der Waals surface area contributed by atoms with Crippen LogP contribution in [0.5, 0.6) is 11.5 Å². The number of esters is 2. The SMILES string of the molecule is COc1ccc2c3c1O[C@@H]1C(OC(=O)[C@@H](O)CC(=O)O[C@@H](C)C(=O)N[C@@H](CC(C)C)C(=O)O)=CC[C@]4(O)[C@@H](CCC[C@@]314)C2. The normalized spacial score (nSPS) is 28.4. The second kappa shape index (κ2) is 11.5. The summed E-state index contributed by atoms with van der Waals surface area (Å²) in [7, 11) is 1.53. The zero-order valence-corrected chi connectivity index (χ0v) is 24.8. The van der Waals surface area contributed by atoms with Crippen LogP contribution in [0.3, 0.4) is 0 Å². The van der Waals surface area contributed by atoms with Gasteiger partial charge in [0.25, 0.3) is 5.91 Å². The first-order chi connectivity index (χ1) is 20.3. The largest absolute Gasteiger partial charge is 0.493 e. The van der Waals surface area contributed by atoms with Crippen molar-refractivity contribution in [3.8, 4) is 11.5 Å². The number of carbonyl (C=O) groups excluding carboxylic acids is 3.